The number of rotatable bonds is 4. The summed E-state index contributed by atoms with van der Waals surface area (Å²) in [6.45, 7) is 1.87. The summed E-state index contributed by atoms with van der Waals surface area (Å²) in [4.78, 5) is 28.4. The molecule has 2 fully saturated rings. The van der Waals surface area contributed by atoms with Crippen molar-refractivity contribution in [3.8, 4) is 0 Å². The molecule has 2 N–H and O–H groups in total. The second kappa shape index (κ2) is 6.78. The molecule has 1 aromatic carbocycles. The predicted molar refractivity (Wildman–Crippen MR) is 96.3 cm³/mol. The van der Waals surface area contributed by atoms with Crippen LogP contribution in [0.15, 0.2) is 30.0 Å². The van der Waals surface area contributed by atoms with Crippen LogP contribution in [0.1, 0.15) is 37.7 Å². The van der Waals surface area contributed by atoms with Gasteiger partial charge in [-0.25, -0.2) is 0 Å². The van der Waals surface area contributed by atoms with Crippen LogP contribution in [0, 0.1) is 0 Å². The molecule has 2 heterocycles. The third-order valence-corrected chi connectivity index (χ3v) is 5.41. The van der Waals surface area contributed by atoms with Crippen LogP contribution < -0.4 is 10.9 Å². The fraction of sp³-hybridized carbons (Fsp3) is 0.474. The van der Waals surface area contributed by atoms with E-state index in [0.717, 1.165) is 29.8 Å². The molecule has 2 aliphatic heterocycles. The molecule has 132 valence electrons. The number of anilines is 1. The van der Waals surface area contributed by atoms with Gasteiger partial charge in [-0.3, -0.25) is 9.59 Å². The first-order valence-corrected chi connectivity index (χ1v) is 9.14. The van der Waals surface area contributed by atoms with Gasteiger partial charge in [-0.2, -0.15) is 0 Å². The molecule has 4 rings (SSSR count). The van der Waals surface area contributed by atoms with Crippen LogP contribution in [0.4, 0.5) is 5.69 Å². The number of hydrogen-bond donors (Lipinski definition) is 2. The van der Waals surface area contributed by atoms with Crippen LogP contribution >= 0.6 is 0 Å². The minimum absolute atomic E-state index is 0.280. The van der Waals surface area contributed by atoms with Gasteiger partial charge < -0.3 is 20.7 Å². The van der Waals surface area contributed by atoms with Crippen molar-refractivity contribution >= 4 is 23.6 Å². The van der Waals surface area contributed by atoms with Crippen LogP contribution in [0.5, 0.6) is 0 Å². The molecule has 1 saturated carbocycles. The lowest BCUT2D eigenvalue weighted by Gasteiger charge is -2.37. The van der Waals surface area contributed by atoms with Crippen LogP contribution in [0.2, 0.25) is 0 Å². The van der Waals surface area contributed by atoms with Gasteiger partial charge in [0.1, 0.15) is 0 Å². The highest BCUT2D eigenvalue weighted by Gasteiger charge is 2.37. The minimum Gasteiger partial charge on any atom is -0.332 e. The van der Waals surface area contributed by atoms with Crippen molar-refractivity contribution in [1.82, 2.24) is 15.2 Å². The first-order chi connectivity index (χ1) is 12.2. The minimum atomic E-state index is -0.345. The van der Waals surface area contributed by atoms with Gasteiger partial charge in [-0.15, -0.1) is 0 Å². The summed E-state index contributed by atoms with van der Waals surface area (Å²) in [7, 11) is 0. The molecule has 0 atom stereocenters. The number of hydrazine groups is 1. The standard InChI is InChI=1S/C19H24N4O2/c24-18-19(25)23(16-6-2-3-7-16)12-11-22(18)10-9-15-13-14-5-1-4-8-17(14)21-20-15/h1,4-5,8,13,16,20-21H,2-3,6-7,9-12H2. The highest BCUT2D eigenvalue weighted by atomic mass is 16.2. The lowest BCUT2D eigenvalue weighted by molar-refractivity contribution is -0.157. The van der Waals surface area contributed by atoms with Crippen molar-refractivity contribution in [2.45, 2.75) is 38.1 Å². The highest BCUT2D eigenvalue weighted by Crippen LogP contribution is 2.26. The van der Waals surface area contributed by atoms with Crippen LogP contribution in [-0.2, 0) is 9.59 Å². The van der Waals surface area contributed by atoms with E-state index >= 15 is 0 Å². The Morgan fingerprint density at radius 3 is 2.64 bits per heavy atom. The van der Waals surface area contributed by atoms with Crippen LogP contribution in [-0.4, -0.2) is 47.3 Å². The zero-order valence-electron chi connectivity index (χ0n) is 14.3. The van der Waals surface area contributed by atoms with E-state index in [2.05, 4.69) is 23.0 Å². The number of carbonyl (C=O) groups excluding carboxylic acids is 2. The second-order valence-electron chi connectivity index (χ2n) is 6.99. The Balaban J connectivity index is 1.36. The maximum absolute atomic E-state index is 12.4. The van der Waals surface area contributed by atoms with Gasteiger partial charge in [-0.1, -0.05) is 31.0 Å². The molecule has 25 heavy (non-hydrogen) atoms. The van der Waals surface area contributed by atoms with E-state index in [1.165, 1.54) is 12.8 Å². The molecule has 0 aromatic heterocycles. The SMILES string of the molecule is O=C1C(=O)N(C2CCCC2)CCN1CCC1=Cc2ccccc2NN1. The summed E-state index contributed by atoms with van der Waals surface area (Å²) in [5, 5.41) is 0. The third kappa shape index (κ3) is 3.21. The second-order valence-corrected chi connectivity index (χ2v) is 6.99. The highest BCUT2D eigenvalue weighted by molar-refractivity contribution is 6.35. The molecule has 2 amide bonds. The zero-order valence-corrected chi connectivity index (χ0v) is 14.3. The van der Waals surface area contributed by atoms with Gasteiger partial charge in [0.2, 0.25) is 0 Å². The van der Waals surface area contributed by atoms with Crippen molar-refractivity contribution in [3.05, 3.63) is 35.5 Å². The van der Waals surface area contributed by atoms with Crippen molar-refractivity contribution in [3.63, 3.8) is 0 Å². The third-order valence-electron chi connectivity index (χ3n) is 5.41. The smallest absolute Gasteiger partial charge is 0.312 e. The van der Waals surface area contributed by atoms with E-state index in [1.54, 1.807) is 4.90 Å². The van der Waals surface area contributed by atoms with Gasteiger partial charge in [0, 0.05) is 43.4 Å². The summed E-state index contributed by atoms with van der Waals surface area (Å²) < 4.78 is 0. The lowest BCUT2D eigenvalue weighted by atomic mass is 10.1. The molecular formula is C19H24N4O2. The summed E-state index contributed by atoms with van der Waals surface area (Å²) in [5.41, 5.74) is 9.54. The van der Waals surface area contributed by atoms with Gasteiger partial charge in [0.05, 0.1) is 5.69 Å². The fourth-order valence-corrected chi connectivity index (χ4v) is 3.97. The first kappa shape index (κ1) is 16.0. The fourth-order valence-electron chi connectivity index (χ4n) is 3.97. The average molecular weight is 340 g/mol. The normalized spacial score (nSPS) is 20.9. The monoisotopic (exact) mass is 340 g/mol. The van der Waals surface area contributed by atoms with E-state index in [0.29, 0.717) is 26.1 Å². The van der Waals surface area contributed by atoms with Crippen molar-refractivity contribution in [2.75, 3.05) is 25.1 Å². The maximum Gasteiger partial charge on any atom is 0.312 e. The molecule has 1 saturated heterocycles. The number of piperazine rings is 1. The summed E-state index contributed by atoms with van der Waals surface area (Å²) in [5.74, 6) is -0.657. The molecule has 0 radical (unpaired) electrons. The molecule has 6 nitrogen and oxygen atoms in total. The van der Waals surface area contributed by atoms with Gasteiger partial charge >= 0.3 is 11.8 Å². The largest absolute Gasteiger partial charge is 0.332 e. The molecule has 0 spiro atoms. The Bertz CT molecular complexity index is 709. The average Bonchev–Trinajstić information content (AvgIpc) is 3.17. The molecular weight excluding hydrogens is 316 g/mol. The molecule has 1 aromatic rings. The number of fused-ring (bicyclic) bond motifs is 1. The van der Waals surface area contributed by atoms with Crippen LogP contribution in [0.3, 0.4) is 0 Å². The van der Waals surface area contributed by atoms with E-state index in [1.807, 2.05) is 23.1 Å². The zero-order chi connectivity index (χ0) is 17.2. The van der Waals surface area contributed by atoms with Crippen molar-refractivity contribution < 1.29 is 9.59 Å². The van der Waals surface area contributed by atoms with E-state index in [4.69, 9.17) is 0 Å². The number of benzene rings is 1. The Morgan fingerprint density at radius 1 is 1.00 bits per heavy atom. The van der Waals surface area contributed by atoms with Crippen LogP contribution in [0.25, 0.3) is 6.08 Å². The van der Waals surface area contributed by atoms with Crippen molar-refractivity contribution in [2.24, 2.45) is 0 Å². The van der Waals surface area contributed by atoms with Gasteiger partial charge in [0.25, 0.3) is 0 Å². The predicted octanol–water partition coefficient (Wildman–Crippen LogP) is 1.96. The number of hydrogen-bond acceptors (Lipinski definition) is 4. The van der Waals surface area contributed by atoms with E-state index in [-0.39, 0.29) is 17.9 Å². The molecule has 1 aliphatic carbocycles. The summed E-state index contributed by atoms with van der Waals surface area (Å²) in [6, 6.07) is 8.34. The Hall–Kier alpha value is -2.50. The number of nitrogens with one attached hydrogen (secondary N) is 2. The number of para-hydroxylation sites is 1. The molecule has 0 bridgehead atoms. The first-order valence-electron chi connectivity index (χ1n) is 9.14. The Labute approximate surface area is 147 Å². The topological polar surface area (TPSA) is 64.7 Å². The number of nitrogens with zero attached hydrogens (tertiary/aromatic N) is 2. The number of amides is 2. The Kier molecular flexibility index (Phi) is 4.34. The van der Waals surface area contributed by atoms with E-state index < -0.39 is 0 Å². The summed E-state index contributed by atoms with van der Waals surface area (Å²) in [6.07, 6.45) is 7.21. The maximum atomic E-state index is 12.4. The lowest BCUT2D eigenvalue weighted by Crippen LogP contribution is -2.57. The van der Waals surface area contributed by atoms with E-state index in [9.17, 15) is 9.59 Å². The molecule has 0 unspecified atom stereocenters. The van der Waals surface area contributed by atoms with Crippen molar-refractivity contribution in [1.29, 1.82) is 0 Å². The summed E-state index contributed by atoms with van der Waals surface area (Å²) >= 11 is 0. The Morgan fingerprint density at radius 2 is 1.80 bits per heavy atom. The molecule has 6 heteroatoms. The molecule has 3 aliphatic rings. The van der Waals surface area contributed by atoms with Gasteiger partial charge in [-0.05, 0) is 25.0 Å². The quantitative estimate of drug-likeness (QED) is 0.823. The number of carbonyl (C=O) groups is 2. The van der Waals surface area contributed by atoms with Gasteiger partial charge in [0.15, 0.2) is 0 Å².